The highest BCUT2D eigenvalue weighted by atomic mass is 16.4. The predicted molar refractivity (Wildman–Crippen MR) is 131 cm³/mol. The summed E-state index contributed by atoms with van der Waals surface area (Å²) in [5.74, 6) is -1.39. The van der Waals surface area contributed by atoms with Gasteiger partial charge in [-0.15, -0.1) is 0 Å². The van der Waals surface area contributed by atoms with Crippen molar-refractivity contribution >= 4 is 11.9 Å². The van der Waals surface area contributed by atoms with Gasteiger partial charge in [-0.25, -0.2) is 9.59 Å². The van der Waals surface area contributed by atoms with Crippen LogP contribution in [-0.2, 0) is 0 Å². The molecular formula is C29H30O4. The van der Waals surface area contributed by atoms with Gasteiger partial charge in [-0.1, -0.05) is 81.6 Å². The lowest BCUT2D eigenvalue weighted by atomic mass is 9.76. The maximum absolute atomic E-state index is 12.2. The molecular weight excluding hydrogens is 412 g/mol. The van der Waals surface area contributed by atoms with Crippen LogP contribution in [0.2, 0.25) is 0 Å². The molecule has 0 heterocycles. The number of carboxylic acids is 2. The third kappa shape index (κ3) is 4.56. The molecule has 4 nitrogen and oxygen atoms in total. The number of hydrogen-bond acceptors (Lipinski definition) is 2. The number of benzene rings is 3. The number of aromatic carboxylic acids is 2. The summed E-state index contributed by atoms with van der Waals surface area (Å²) < 4.78 is 0. The van der Waals surface area contributed by atoms with E-state index in [1.807, 2.05) is 24.3 Å². The topological polar surface area (TPSA) is 74.6 Å². The molecule has 2 N–H and O–H groups in total. The van der Waals surface area contributed by atoms with E-state index in [1.165, 1.54) is 6.42 Å². The highest BCUT2D eigenvalue weighted by molar-refractivity contribution is 6.03. The standard InChI is InChI=1S/C29H30O4/c1-18(2)20-16-25(19-10-4-3-5-11-19)27(22-13-7-9-15-24(22)29(32)33)26(17-20)21-12-6-8-14-23(21)28(30)31/h6-9,12-19H,3-5,10-11H2,1-2H3,(H,30,31)(H,32,33). The van der Waals surface area contributed by atoms with Gasteiger partial charge in [0.05, 0.1) is 11.1 Å². The molecule has 0 saturated heterocycles. The smallest absolute Gasteiger partial charge is 0.336 e. The summed E-state index contributed by atoms with van der Waals surface area (Å²) in [6.45, 7) is 4.27. The van der Waals surface area contributed by atoms with E-state index in [0.717, 1.165) is 47.9 Å². The molecule has 0 atom stereocenters. The van der Waals surface area contributed by atoms with Gasteiger partial charge >= 0.3 is 11.9 Å². The molecule has 4 rings (SSSR count). The van der Waals surface area contributed by atoms with Crippen molar-refractivity contribution in [2.24, 2.45) is 0 Å². The lowest BCUT2D eigenvalue weighted by Gasteiger charge is -2.28. The van der Waals surface area contributed by atoms with Gasteiger partial charge in [-0.3, -0.25) is 0 Å². The van der Waals surface area contributed by atoms with E-state index in [2.05, 4.69) is 26.0 Å². The number of hydrogen-bond donors (Lipinski definition) is 2. The maximum atomic E-state index is 12.2. The highest BCUT2D eigenvalue weighted by Gasteiger charge is 2.27. The average Bonchev–Trinajstić information content (AvgIpc) is 2.83. The molecule has 33 heavy (non-hydrogen) atoms. The normalized spacial score (nSPS) is 14.4. The summed E-state index contributed by atoms with van der Waals surface area (Å²) in [6, 6.07) is 18.4. The molecule has 3 aromatic rings. The van der Waals surface area contributed by atoms with Crippen LogP contribution in [0, 0.1) is 0 Å². The van der Waals surface area contributed by atoms with Crippen LogP contribution in [0.3, 0.4) is 0 Å². The van der Waals surface area contributed by atoms with Gasteiger partial charge in [0.1, 0.15) is 0 Å². The minimum atomic E-state index is -0.989. The van der Waals surface area contributed by atoms with Gasteiger partial charge in [-0.2, -0.15) is 0 Å². The maximum Gasteiger partial charge on any atom is 0.336 e. The fourth-order valence-electron chi connectivity index (χ4n) is 5.06. The molecule has 170 valence electrons. The van der Waals surface area contributed by atoms with Gasteiger partial charge in [-0.05, 0) is 70.2 Å². The predicted octanol–water partition coefficient (Wildman–Crippen LogP) is 7.59. The number of carbonyl (C=O) groups is 2. The van der Waals surface area contributed by atoms with Crippen LogP contribution < -0.4 is 0 Å². The van der Waals surface area contributed by atoms with Gasteiger partial charge in [0.15, 0.2) is 0 Å². The van der Waals surface area contributed by atoms with E-state index in [9.17, 15) is 19.8 Å². The number of rotatable bonds is 6. The van der Waals surface area contributed by atoms with Crippen LogP contribution in [0.15, 0.2) is 60.7 Å². The van der Waals surface area contributed by atoms with Crippen LogP contribution in [-0.4, -0.2) is 22.2 Å². The molecule has 0 amide bonds. The molecule has 0 aliphatic heterocycles. The van der Waals surface area contributed by atoms with Crippen molar-refractivity contribution in [3.05, 3.63) is 82.9 Å². The number of carboxylic acid groups (broad SMARTS) is 2. The molecule has 0 spiro atoms. The Morgan fingerprint density at radius 2 is 1.30 bits per heavy atom. The van der Waals surface area contributed by atoms with Gasteiger partial charge in [0.2, 0.25) is 0 Å². The summed E-state index contributed by atoms with van der Waals surface area (Å²) in [5.41, 5.74) is 5.68. The summed E-state index contributed by atoms with van der Waals surface area (Å²) in [6.07, 6.45) is 5.64. The Morgan fingerprint density at radius 3 is 1.88 bits per heavy atom. The van der Waals surface area contributed by atoms with E-state index < -0.39 is 11.9 Å². The second-order valence-corrected chi connectivity index (χ2v) is 9.22. The molecule has 1 aliphatic carbocycles. The van der Waals surface area contributed by atoms with Gasteiger partial charge in [0, 0.05) is 0 Å². The molecule has 0 unspecified atom stereocenters. The van der Waals surface area contributed by atoms with Crippen LogP contribution in [0.1, 0.15) is 89.6 Å². The van der Waals surface area contributed by atoms with Gasteiger partial charge < -0.3 is 10.2 Å². The highest BCUT2D eigenvalue weighted by Crippen LogP contribution is 2.46. The zero-order valence-corrected chi connectivity index (χ0v) is 19.2. The summed E-state index contributed by atoms with van der Waals surface area (Å²) >= 11 is 0. The van der Waals surface area contributed by atoms with E-state index >= 15 is 0 Å². The summed E-state index contributed by atoms with van der Waals surface area (Å²) in [7, 11) is 0. The fourth-order valence-corrected chi connectivity index (χ4v) is 5.06. The Bertz CT molecular complexity index is 1190. The van der Waals surface area contributed by atoms with Crippen molar-refractivity contribution in [1.82, 2.24) is 0 Å². The molecule has 1 aliphatic rings. The Balaban J connectivity index is 2.12. The first-order valence-corrected chi connectivity index (χ1v) is 11.7. The van der Waals surface area contributed by atoms with Crippen LogP contribution >= 0.6 is 0 Å². The fraction of sp³-hybridized carbons (Fsp3) is 0.310. The van der Waals surface area contributed by atoms with E-state index in [-0.39, 0.29) is 17.0 Å². The van der Waals surface area contributed by atoms with Gasteiger partial charge in [0.25, 0.3) is 0 Å². The average molecular weight is 443 g/mol. The zero-order valence-electron chi connectivity index (χ0n) is 19.2. The van der Waals surface area contributed by atoms with Crippen molar-refractivity contribution in [2.75, 3.05) is 0 Å². The molecule has 1 saturated carbocycles. The second kappa shape index (κ2) is 9.62. The quantitative estimate of drug-likeness (QED) is 0.412. The van der Waals surface area contributed by atoms with E-state index in [1.54, 1.807) is 24.3 Å². The Hall–Kier alpha value is -3.40. The minimum absolute atomic E-state index is 0.224. The Labute approximate surface area is 194 Å². The zero-order chi connectivity index (χ0) is 23.5. The van der Waals surface area contributed by atoms with E-state index in [4.69, 9.17) is 0 Å². The monoisotopic (exact) mass is 442 g/mol. The molecule has 1 fully saturated rings. The lowest BCUT2D eigenvalue weighted by Crippen LogP contribution is -2.10. The van der Waals surface area contributed by atoms with Crippen molar-refractivity contribution in [3.8, 4) is 22.3 Å². The first kappa shape index (κ1) is 22.8. The lowest BCUT2D eigenvalue weighted by molar-refractivity contribution is 0.0686. The van der Waals surface area contributed by atoms with Crippen LogP contribution in [0.5, 0.6) is 0 Å². The Kier molecular flexibility index (Phi) is 6.64. The Morgan fingerprint density at radius 1 is 0.758 bits per heavy atom. The SMILES string of the molecule is CC(C)c1cc(-c2ccccc2C(=O)O)c(-c2ccccc2C(=O)O)c(C2CCCCC2)c1. The third-order valence-electron chi connectivity index (χ3n) is 6.78. The van der Waals surface area contributed by atoms with Crippen molar-refractivity contribution in [3.63, 3.8) is 0 Å². The van der Waals surface area contributed by atoms with E-state index in [0.29, 0.717) is 17.0 Å². The summed E-state index contributed by atoms with van der Waals surface area (Å²) in [5, 5.41) is 19.9. The molecule has 3 aromatic carbocycles. The first-order chi connectivity index (χ1) is 15.9. The third-order valence-corrected chi connectivity index (χ3v) is 6.78. The van der Waals surface area contributed by atoms with Crippen molar-refractivity contribution in [2.45, 2.75) is 57.8 Å². The first-order valence-electron chi connectivity index (χ1n) is 11.7. The molecule has 0 radical (unpaired) electrons. The molecule has 4 heteroatoms. The largest absolute Gasteiger partial charge is 0.478 e. The van der Waals surface area contributed by atoms with Crippen molar-refractivity contribution < 1.29 is 19.8 Å². The molecule has 0 bridgehead atoms. The van der Waals surface area contributed by atoms with Crippen LogP contribution in [0.4, 0.5) is 0 Å². The minimum Gasteiger partial charge on any atom is -0.478 e. The molecule has 0 aromatic heterocycles. The summed E-state index contributed by atoms with van der Waals surface area (Å²) in [4.78, 5) is 24.3. The second-order valence-electron chi connectivity index (χ2n) is 9.22. The van der Waals surface area contributed by atoms with Crippen LogP contribution in [0.25, 0.3) is 22.3 Å². The van der Waals surface area contributed by atoms with Crippen molar-refractivity contribution in [1.29, 1.82) is 0 Å².